The maximum Gasteiger partial charge on any atom is 0.246 e. The molecule has 8 nitrogen and oxygen atoms in total. The van der Waals surface area contributed by atoms with Crippen molar-refractivity contribution in [3.05, 3.63) is 30.2 Å². The number of likely N-dealkylation sites (tertiary alicyclic amines) is 1. The van der Waals surface area contributed by atoms with Crippen LogP contribution in [0.2, 0.25) is 0 Å². The van der Waals surface area contributed by atoms with Crippen LogP contribution in [0.25, 0.3) is 11.0 Å². The summed E-state index contributed by atoms with van der Waals surface area (Å²) in [6.07, 6.45) is 8.14. The fourth-order valence-electron chi connectivity index (χ4n) is 4.75. The Labute approximate surface area is 194 Å². The van der Waals surface area contributed by atoms with Crippen molar-refractivity contribution in [1.29, 1.82) is 0 Å². The molecule has 0 unspecified atom stereocenters. The van der Waals surface area contributed by atoms with Gasteiger partial charge in [0, 0.05) is 45.1 Å². The molecule has 2 aliphatic rings. The molecular weight excluding hydrogens is 423 g/mol. The molecule has 2 N–H and O–H groups in total. The van der Waals surface area contributed by atoms with Gasteiger partial charge in [0.15, 0.2) is 0 Å². The maximum absolute atomic E-state index is 14.9. The molecule has 0 saturated carbocycles. The van der Waals surface area contributed by atoms with Crippen molar-refractivity contribution in [1.82, 2.24) is 24.8 Å². The van der Waals surface area contributed by atoms with Gasteiger partial charge in [0.1, 0.15) is 24.0 Å². The number of ether oxygens (including phenoxy) is 1. The molecule has 2 atom stereocenters. The van der Waals surface area contributed by atoms with E-state index in [4.69, 9.17) is 4.74 Å². The molecular formula is C24H35FN6O2. The summed E-state index contributed by atoms with van der Waals surface area (Å²) >= 11 is 0. The number of amides is 1. The number of likely N-dealkylation sites (N-methyl/N-ethyl adjacent to an activating group) is 1. The zero-order valence-corrected chi connectivity index (χ0v) is 19.6. The second kappa shape index (κ2) is 11.1. The Morgan fingerprint density at radius 3 is 2.85 bits per heavy atom. The molecule has 0 bridgehead atoms. The number of hydrogen-bond donors (Lipinski definition) is 2. The number of nitrogens with zero attached hydrogens (tertiary/aromatic N) is 4. The number of halogens is 1. The van der Waals surface area contributed by atoms with Gasteiger partial charge in [0.2, 0.25) is 5.91 Å². The van der Waals surface area contributed by atoms with E-state index >= 15 is 0 Å². The van der Waals surface area contributed by atoms with Gasteiger partial charge >= 0.3 is 0 Å². The van der Waals surface area contributed by atoms with Crippen molar-refractivity contribution in [3.8, 4) is 0 Å². The molecule has 4 heterocycles. The van der Waals surface area contributed by atoms with Gasteiger partial charge in [-0.05, 0) is 43.8 Å². The number of aromatic nitrogens is 3. The SMILES string of the molecule is CCN(CC)C/C=C/C(=O)N1CC[C@H](F)[C@@H](Nc2ncnc3[nH]cc(C4CCOCC4)c23)C1. The summed E-state index contributed by atoms with van der Waals surface area (Å²) in [5.41, 5.74) is 1.89. The van der Waals surface area contributed by atoms with E-state index in [0.29, 0.717) is 31.2 Å². The molecule has 33 heavy (non-hydrogen) atoms. The van der Waals surface area contributed by atoms with Gasteiger partial charge in [-0.1, -0.05) is 19.9 Å². The lowest BCUT2D eigenvalue weighted by molar-refractivity contribution is -0.127. The second-order valence-corrected chi connectivity index (χ2v) is 8.80. The minimum absolute atomic E-state index is 0.0711. The standard InChI is InChI=1S/C24H35FN6O2/c1-3-30(4-2)10-5-6-21(32)31-11-7-19(25)20(15-31)29-24-22-18(17-8-12-33-13-9-17)14-26-23(22)27-16-28-24/h5-6,14,16-17,19-20H,3-4,7-13,15H2,1-2H3,(H2,26,27,28,29)/b6-5+/t19-,20-/m0/s1. The number of piperidine rings is 1. The lowest BCUT2D eigenvalue weighted by Crippen LogP contribution is -2.50. The van der Waals surface area contributed by atoms with E-state index in [2.05, 4.69) is 39.0 Å². The van der Waals surface area contributed by atoms with Gasteiger partial charge in [-0.25, -0.2) is 14.4 Å². The van der Waals surface area contributed by atoms with E-state index in [1.54, 1.807) is 11.0 Å². The number of nitrogens with one attached hydrogen (secondary N) is 2. The molecule has 0 aliphatic carbocycles. The molecule has 180 valence electrons. The first-order valence-corrected chi connectivity index (χ1v) is 12.1. The first kappa shape index (κ1) is 23.6. The Kier molecular flexibility index (Phi) is 7.93. The summed E-state index contributed by atoms with van der Waals surface area (Å²) in [4.78, 5) is 28.7. The van der Waals surface area contributed by atoms with Crippen LogP contribution in [0, 0.1) is 0 Å². The largest absolute Gasteiger partial charge is 0.381 e. The van der Waals surface area contributed by atoms with Crippen LogP contribution in [0.3, 0.4) is 0 Å². The quantitative estimate of drug-likeness (QED) is 0.591. The fraction of sp³-hybridized carbons (Fsp3) is 0.625. The Hall–Kier alpha value is -2.52. The zero-order valence-electron chi connectivity index (χ0n) is 19.6. The monoisotopic (exact) mass is 458 g/mol. The van der Waals surface area contributed by atoms with E-state index in [0.717, 1.165) is 62.3 Å². The van der Waals surface area contributed by atoms with Crippen LogP contribution in [0.4, 0.5) is 10.2 Å². The molecule has 2 aliphatic heterocycles. The van der Waals surface area contributed by atoms with Crippen molar-refractivity contribution in [2.45, 2.75) is 51.2 Å². The van der Waals surface area contributed by atoms with Gasteiger partial charge in [0.05, 0.1) is 11.4 Å². The van der Waals surface area contributed by atoms with Gasteiger partial charge in [-0.3, -0.25) is 4.79 Å². The molecule has 9 heteroatoms. The highest BCUT2D eigenvalue weighted by molar-refractivity contribution is 5.91. The molecule has 0 aromatic carbocycles. The van der Waals surface area contributed by atoms with Crippen LogP contribution in [0.5, 0.6) is 0 Å². The third-order valence-corrected chi connectivity index (χ3v) is 6.84. The lowest BCUT2D eigenvalue weighted by Gasteiger charge is -2.35. The number of hydrogen-bond acceptors (Lipinski definition) is 6. The molecule has 2 saturated heterocycles. The average molecular weight is 459 g/mol. The predicted molar refractivity (Wildman–Crippen MR) is 127 cm³/mol. The molecule has 1 amide bonds. The van der Waals surface area contributed by atoms with Crippen molar-refractivity contribution in [2.75, 3.05) is 51.3 Å². The van der Waals surface area contributed by atoms with Gasteiger partial charge < -0.3 is 24.8 Å². The fourth-order valence-corrected chi connectivity index (χ4v) is 4.75. The van der Waals surface area contributed by atoms with Crippen molar-refractivity contribution in [3.63, 3.8) is 0 Å². The summed E-state index contributed by atoms with van der Waals surface area (Å²) in [6, 6.07) is -0.519. The normalized spacial score (nSPS) is 22.5. The van der Waals surface area contributed by atoms with Crippen LogP contribution in [-0.2, 0) is 9.53 Å². The molecule has 0 radical (unpaired) electrons. The summed E-state index contributed by atoms with van der Waals surface area (Å²) in [7, 11) is 0. The minimum Gasteiger partial charge on any atom is -0.381 e. The number of H-pyrrole nitrogens is 1. The number of carbonyl (C=O) groups is 1. The smallest absolute Gasteiger partial charge is 0.246 e. The third-order valence-electron chi connectivity index (χ3n) is 6.84. The minimum atomic E-state index is -1.05. The van der Waals surface area contributed by atoms with E-state index < -0.39 is 12.2 Å². The topological polar surface area (TPSA) is 86.4 Å². The molecule has 2 fully saturated rings. The summed E-state index contributed by atoms with van der Waals surface area (Å²) in [6.45, 7) is 9.02. The number of aromatic amines is 1. The highest BCUT2D eigenvalue weighted by Crippen LogP contribution is 2.35. The van der Waals surface area contributed by atoms with Gasteiger partial charge in [-0.15, -0.1) is 0 Å². The number of anilines is 1. The summed E-state index contributed by atoms with van der Waals surface area (Å²) < 4.78 is 20.4. The van der Waals surface area contributed by atoms with Gasteiger partial charge in [0.25, 0.3) is 0 Å². The Balaban J connectivity index is 1.47. The molecule has 4 rings (SSSR count). The maximum atomic E-state index is 14.9. The van der Waals surface area contributed by atoms with E-state index in [1.165, 1.54) is 6.33 Å². The molecule has 2 aromatic heterocycles. The summed E-state index contributed by atoms with van der Waals surface area (Å²) in [5.74, 6) is 0.917. The van der Waals surface area contributed by atoms with E-state index in [1.807, 2.05) is 12.3 Å². The predicted octanol–water partition coefficient (Wildman–Crippen LogP) is 3.10. The van der Waals surface area contributed by atoms with E-state index in [-0.39, 0.29) is 5.91 Å². The Morgan fingerprint density at radius 1 is 1.30 bits per heavy atom. The zero-order chi connectivity index (χ0) is 23.2. The Morgan fingerprint density at radius 2 is 2.09 bits per heavy atom. The number of carbonyl (C=O) groups excluding carboxylic acids is 1. The summed E-state index contributed by atoms with van der Waals surface area (Å²) in [5, 5.41) is 4.23. The van der Waals surface area contributed by atoms with Gasteiger partial charge in [-0.2, -0.15) is 0 Å². The number of alkyl halides is 1. The first-order valence-electron chi connectivity index (χ1n) is 12.1. The second-order valence-electron chi connectivity index (χ2n) is 8.80. The van der Waals surface area contributed by atoms with Crippen molar-refractivity contribution < 1.29 is 13.9 Å². The number of fused-ring (bicyclic) bond motifs is 1. The van der Waals surface area contributed by atoms with Crippen molar-refractivity contribution in [2.24, 2.45) is 0 Å². The molecule has 0 spiro atoms. The van der Waals surface area contributed by atoms with E-state index in [9.17, 15) is 9.18 Å². The van der Waals surface area contributed by atoms with Crippen LogP contribution in [0.15, 0.2) is 24.7 Å². The average Bonchev–Trinajstić information content (AvgIpc) is 3.29. The van der Waals surface area contributed by atoms with Crippen LogP contribution in [0.1, 0.15) is 44.6 Å². The third kappa shape index (κ3) is 5.52. The van der Waals surface area contributed by atoms with Crippen LogP contribution >= 0.6 is 0 Å². The van der Waals surface area contributed by atoms with Crippen LogP contribution < -0.4 is 5.32 Å². The number of rotatable bonds is 8. The highest BCUT2D eigenvalue weighted by atomic mass is 19.1. The van der Waals surface area contributed by atoms with Crippen LogP contribution in [-0.4, -0.2) is 88.8 Å². The molecule has 2 aromatic rings. The van der Waals surface area contributed by atoms with Crippen molar-refractivity contribution >= 4 is 22.8 Å². The Bertz CT molecular complexity index is 954. The first-order chi connectivity index (χ1) is 16.1. The lowest BCUT2D eigenvalue weighted by atomic mass is 9.92. The highest BCUT2D eigenvalue weighted by Gasteiger charge is 2.32.